The van der Waals surface area contributed by atoms with Gasteiger partial charge in [-0.3, -0.25) is 9.69 Å². The van der Waals surface area contributed by atoms with Crippen molar-refractivity contribution in [2.75, 3.05) is 13.1 Å². The van der Waals surface area contributed by atoms with Crippen molar-refractivity contribution >= 4 is 15.9 Å². The van der Waals surface area contributed by atoms with Crippen LogP contribution < -0.4 is 10.0 Å². The normalized spacial score (nSPS) is 21.1. The summed E-state index contributed by atoms with van der Waals surface area (Å²) >= 11 is 0. The molecule has 2 aliphatic rings. The molecule has 2 aromatic rings. The fraction of sp³-hybridized carbons (Fsp3) is 0.522. The van der Waals surface area contributed by atoms with Gasteiger partial charge in [0.2, 0.25) is 10.0 Å². The van der Waals surface area contributed by atoms with Crippen LogP contribution in [-0.2, 0) is 16.6 Å². The fourth-order valence-electron chi connectivity index (χ4n) is 4.58. The number of nitrogens with one attached hydrogen (secondary N) is 2. The van der Waals surface area contributed by atoms with Gasteiger partial charge in [0, 0.05) is 30.7 Å². The third kappa shape index (κ3) is 5.75. The number of likely N-dealkylation sites (tertiary alicyclic amines) is 1. The van der Waals surface area contributed by atoms with E-state index in [1.807, 2.05) is 0 Å². The summed E-state index contributed by atoms with van der Waals surface area (Å²) in [7, 11) is -3.67. The van der Waals surface area contributed by atoms with Crippen LogP contribution in [-0.4, -0.2) is 44.4 Å². The van der Waals surface area contributed by atoms with Gasteiger partial charge in [0.15, 0.2) is 0 Å². The quantitative estimate of drug-likeness (QED) is 0.638. The number of benzene rings is 1. The predicted octanol–water partition coefficient (Wildman–Crippen LogP) is 3.29. The zero-order valence-corrected chi connectivity index (χ0v) is 18.6. The number of nitrogens with zero attached hydrogens (tertiary/aromatic N) is 1. The molecule has 1 aliphatic carbocycles. The standard InChI is InChI=1S/C23H31N3O4S/c27-23(25-19-13-14-26(17-19)20-6-3-1-2-4-7-20)18-9-11-22(12-10-18)31(28,29)24-16-21-8-5-15-30-21/h5,8-12,15,19-20,24H,1-4,6-7,13-14,16-17H2,(H,25,27). The molecule has 7 nitrogen and oxygen atoms in total. The van der Waals surface area contributed by atoms with E-state index in [0.717, 1.165) is 19.5 Å². The van der Waals surface area contributed by atoms with Crippen LogP contribution in [0.4, 0.5) is 0 Å². The Morgan fingerprint density at radius 3 is 2.45 bits per heavy atom. The minimum atomic E-state index is -3.67. The molecule has 8 heteroatoms. The number of amides is 1. The molecule has 1 saturated carbocycles. The summed E-state index contributed by atoms with van der Waals surface area (Å²) in [6.07, 6.45) is 10.3. The Hall–Kier alpha value is -2.16. The molecular formula is C23H31N3O4S. The Bertz CT molecular complexity index is 949. The van der Waals surface area contributed by atoms with E-state index < -0.39 is 10.0 Å². The Labute approximate surface area is 184 Å². The minimum absolute atomic E-state index is 0.0801. The lowest BCUT2D eigenvalue weighted by Crippen LogP contribution is -2.39. The first-order valence-corrected chi connectivity index (χ1v) is 12.7. The second kappa shape index (κ2) is 9.97. The molecule has 1 aliphatic heterocycles. The molecule has 4 rings (SSSR count). The largest absolute Gasteiger partial charge is 0.468 e. The van der Waals surface area contributed by atoms with Crippen LogP contribution in [0.2, 0.25) is 0 Å². The van der Waals surface area contributed by atoms with Crippen LogP contribution in [0.1, 0.15) is 61.1 Å². The predicted molar refractivity (Wildman–Crippen MR) is 118 cm³/mol. The van der Waals surface area contributed by atoms with Crippen molar-refractivity contribution in [3.8, 4) is 0 Å². The summed E-state index contributed by atoms with van der Waals surface area (Å²) in [4.78, 5) is 15.3. The maximum Gasteiger partial charge on any atom is 0.251 e. The van der Waals surface area contributed by atoms with Crippen LogP contribution in [0.3, 0.4) is 0 Å². The molecule has 1 amide bonds. The molecule has 0 spiro atoms. The van der Waals surface area contributed by atoms with Gasteiger partial charge >= 0.3 is 0 Å². The smallest absolute Gasteiger partial charge is 0.251 e. The third-order valence-electron chi connectivity index (χ3n) is 6.34. The summed E-state index contributed by atoms with van der Waals surface area (Å²) in [5.41, 5.74) is 0.470. The van der Waals surface area contributed by atoms with Crippen LogP contribution in [0.25, 0.3) is 0 Å². The first kappa shape index (κ1) is 22.0. The molecule has 2 fully saturated rings. The summed E-state index contributed by atoms with van der Waals surface area (Å²) in [5.74, 6) is 0.384. The molecule has 1 atom stereocenters. The molecule has 1 aromatic carbocycles. The molecule has 0 radical (unpaired) electrons. The van der Waals surface area contributed by atoms with Crippen LogP contribution in [0, 0.1) is 0 Å². The maximum atomic E-state index is 12.7. The van der Waals surface area contributed by atoms with Gasteiger partial charge in [-0.15, -0.1) is 0 Å². The van der Waals surface area contributed by atoms with Crippen LogP contribution in [0.15, 0.2) is 52.0 Å². The number of hydrogen-bond acceptors (Lipinski definition) is 5. The van der Waals surface area contributed by atoms with Gasteiger partial charge < -0.3 is 9.73 Å². The van der Waals surface area contributed by atoms with Crippen molar-refractivity contribution in [2.24, 2.45) is 0 Å². The molecule has 1 unspecified atom stereocenters. The molecule has 2 N–H and O–H groups in total. The van der Waals surface area contributed by atoms with E-state index in [1.54, 1.807) is 24.3 Å². The number of carbonyl (C=O) groups is 1. The van der Waals surface area contributed by atoms with E-state index in [9.17, 15) is 13.2 Å². The Balaban J connectivity index is 1.30. The molecular weight excluding hydrogens is 414 g/mol. The minimum Gasteiger partial charge on any atom is -0.468 e. The van der Waals surface area contributed by atoms with Gasteiger partial charge in [-0.1, -0.05) is 25.7 Å². The first-order valence-electron chi connectivity index (χ1n) is 11.2. The molecule has 2 heterocycles. The van der Waals surface area contributed by atoms with Crippen molar-refractivity contribution in [3.63, 3.8) is 0 Å². The number of sulfonamides is 1. The lowest BCUT2D eigenvalue weighted by molar-refractivity contribution is 0.0935. The second-order valence-corrected chi connectivity index (χ2v) is 10.3. The maximum absolute atomic E-state index is 12.7. The van der Waals surface area contributed by atoms with Gasteiger partial charge in [0.05, 0.1) is 17.7 Å². The zero-order chi connectivity index (χ0) is 21.7. The van der Waals surface area contributed by atoms with Gasteiger partial charge in [0.1, 0.15) is 5.76 Å². The van der Waals surface area contributed by atoms with Crippen LogP contribution in [0.5, 0.6) is 0 Å². The topological polar surface area (TPSA) is 91.7 Å². The van der Waals surface area contributed by atoms with Crippen molar-refractivity contribution < 1.29 is 17.6 Å². The highest BCUT2D eigenvalue weighted by Crippen LogP contribution is 2.25. The Morgan fingerprint density at radius 1 is 1.03 bits per heavy atom. The van der Waals surface area contributed by atoms with Crippen molar-refractivity contribution in [3.05, 3.63) is 54.0 Å². The average Bonchev–Trinajstić information content (AvgIpc) is 3.39. The fourth-order valence-corrected chi connectivity index (χ4v) is 5.57. The van der Waals surface area contributed by atoms with Crippen LogP contribution >= 0.6 is 0 Å². The van der Waals surface area contributed by atoms with Crippen molar-refractivity contribution in [1.82, 2.24) is 14.9 Å². The van der Waals surface area contributed by atoms with E-state index in [1.165, 1.54) is 56.9 Å². The second-order valence-electron chi connectivity index (χ2n) is 8.53. The lowest BCUT2D eigenvalue weighted by Gasteiger charge is -2.26. The van der Waals surface area contributed by atoms with Crippen molar-refractivity contribution in [2.45, 2.75) is 68.5 Å². The monoisotopic (exact) mass is 445 g/mol. The summed E-state index contributed by atoms with van der Waals surface area (Å²) < 4.78 is 32.5. The highest BCUT2D eigenvalue weighted by molar-refractivity contribution is 7.89. The number of rotatable bonds is 7. The highest BCUT2D eigenvalue weighted by atomic mass is 32.2. The Morgan fingerprint density at radius 2 is 1.77 bits per heavy atom. The van der Waals surface area contributed by atoms with Gasteiger partial charge in [-0.25, -0.2) is 13.1 Å². The van der Waals surface area contributed by atoms with E-state index in [-0.39, 0.29) is 23.4 Å². The molecule has 168 valence electrons. The number of hydrogen-bond donors (Lipinski definition) is 2. The SMILES string of the molecule is O=C(NC1CCN(C2CCCCCC2)C1)c1ccc(S(=O)(=O)NCc2ccco2)cc1. The number of carbonyl (C=O) groups excluding carboxylic acids is 1. The molecule has 31 heavy (non-hydrogen) atoms. The molecule has 1 saturated heterocycles. The van der Waals surface area contributed by atoms with E-state index in [4.69, 9.17) is 4.42 Å². The Kier molecular flexibility index (Phi) is 7.09. The van der Waals surface area contributed by atoms with Gasteiger partial charge in [-0.05, 0) is 55.7 Å². The molecule has 0 bridgehead atoms. The summed E-state index contributed by atoms with van der Waals surface area (Å²) in [5, 5.41) is 3.12. The van der Waals surface area contributed by atoms with E-state index in [2.05, 4.69) is 14.9 Å². The first-order chi connectivity index (χ1) is 15.0. The lowest BCUT2D eigenvalue weighted by atomic mass is 10.1. The highest BCUT2D eigenvalue weighted by Gasteiger charge is 2.29. The summed E-state index contributed by atoms with van der Waals surface area (Å²) in [6.45, 7) is 2.02. The average molecular weight is 446 g/mol. The van der Waals surface area contributed by atoms with Gasteiger partial charge in [0.25, 0.3) is 5.91 Å². The van der Waals surface area contributed by atoms with E-state index >= 15 is 0 Å². The van der Waals surface area contributed by atoms with Gasteiger partial charge in [-0.2, -0.15) is 0 Å². The zero-order valence-electron chi connectivity index (χ0n) is 17.8. The summed E-state index contributed by atoms with van der Waals surface area (Å²) in [6, 6.07) is 10.3. The third-order valence-corrected chi connectivity index (χ3v) is 7.76. The van der Waals surface area contributed by atoms with E-state index in [0.29, 0.717) is 17.4 Å². The molecule has 1 aromatic heterocycles. The van der Waals surface area contributed by atoms with Crippen molar-refractivity contribution in [1.29, 1.82) is 0 Å². The number of furan rings is 1.